The highest BCUT2D eigenvalue weighted by molar-refractivity contribution is 6.32. The van der Waals surface area contributed by atoms with Crippen molar-refractivity contribution in [1.29, 1.82) is 5.26 Å². The molecule has 138 valence electrons. The molecule has 0 spiro atoms. The first-order chi connectivity index (χ1) is 12.9. The van der Waals surface area contributed by atoms with Gasteiger partial charge in [-0.2, -0.15) is 5.26 Å². The standard InChI is InChI=1S/C19H15ClN2O5/c1-3-27-17-9-12(8-16(20)19(17)26-2)7-14(11-21)18(23)13-5-4-6-15(10-13)22(24)25/h4-10H,3H2,1-2H3/b14-7+. The summed E-state index contributed by atoms with van der Waals surface area (Å²) in [5.74, 6) is 0.0872. The third kappa shape index (κ3) is 4.63. The summed E-state index contributed by atoms with van der Waals surface area (Å²) in [7, 11) is 1.45. The minimum Gasteiger partial charge on any atom is -0.491 e. The first kappa shape index (κ1) is 19.9. The van der Waals surface area contributed by atoms with Crippen LogP contribution in [0.2, 0.25) is 5.02 Å². The van der Waals surface area contributed by atoms with Crippen molar-refractivity contribution in [2.24, 2.45) is 0 Å². The molecule has 0 unspecified atom stereocenters. The van der Waals surface area contributed by atoms with Gasteiger partial charge in [0.05, 0.1) is 23.7 Å². The van der Waals surface area contributed by atoms with Crippen LogP contribution in [0.1, 0.15) is 22.8 Å². The molecule has 0 aliphatic heterocycles. The van der Waals surface area contributed by atoms with Gasteiger partial charge >= 0.3 is 0 Å². The summed E-state index contributed by atoms with van der Waals surface area (Å²) >= 11 is 6.17. The molecule has 0 saturated heterocycles. The van der Waals surface area contributed by atoms with Gasteiger partial charge in [0.15, 0.2) is 11.5 Å². The Morgan fingerprint density at radius 1 is 1.37 bits per heavy atom. The topological polar surface area (TPSA) is 102 Å². The molecule has 0 aliphatic carbocycles. The molecule has 7 nitrogen and oxygen atoms in total. The minimum absolute atomic E-state index is 0.0432. The molecule has 0 amide bonds. The van der Waals surface area contributed by atoms with E-state index < -0.39 is 10.7 Å². The second-order valence-electron chi connectivity index (χ2n) is 5.27. The lowest BCUT2D eigenvalue weighted by molar-refractivity contribution is -0.384. The Kier molecular flexibility index (Phi) is 6.52. The third-order valence-electron chi connectivity index (χ3n) is 3.53. The summed E-state index contributed by atoms with van der Waals surface area (Å²) in [4.78, 5) is 22.8. The van der Waals surface area contributed by atoms with Gasteiger partial charge in [0.25, 0.3) is 5.69 Å². The lowest BCUT2D eigenvalue weighted by Crippen LogP contribution is -2.03. The summed E-state index contributed by atoms with van der Waals surface area (Å²) in [6.45, 7) is 2.17. The zero-order chi connectivity index (χ0) is 20.0. The number of non-ortho nitro benzene ring substituents is 1. The molecule has 0 bridgehead atoms. The van der Waals surface area contributed by atoms with E-state index in [9.17, 15) is 20.2 Å². The lowest BCUT2D eigenvalue weighted by Gasteiger charge is -2.12. The van der Waals surface area contributed by atoms with E-state index in [0.29, 0.717) is 23.7 Å². The fourth-order valence-electron chi connectivity index (χ4n) is 2.36. The summed E-state index contributed by atoms with van der Waals surface area (Å²) in [5.41, 5.74) is 0.0738. The first-order valence-electron chi connectivity index (χ1n) is 7.82. The van der Waals surface area contributed by atoms with Gasteiger partial charge in [0.1, 0.15) is 11.6 Å². The number of methoxy groups -OCH3 is 1. The second kappa shape index (κ2) is 8.83. The molecule has 0 N–H and O–H groups in total. The van der Waals surface area contributed by atoms with Crippen LogP contribution < -0.4 is 9.47 Å². The number of halogens is 1. The Balaban J connectivity index is 2.47. The molecule has 27 heavy (non-hydrogen) atoms. The average molecular weight is 387 g/mol. The maximum atomic E-state index is 12.6. The molecular formula is C19H15ClN2O5. The molecule has 0 saturated carbocycles. The summed E-state index contributed by atoms with van der Waals surface area (Å²) in [5, 5.41) is 20.5. The number of nitro groups is 1. The number of hydrogen-bond acceptors (Lipinski definition) is 6. The van der Waals surface area contributed by atoms with Gasteiger partial charge in [-0.25, -0.2) is 0 Å². The van der Waals surface area contributed by atoms with Crippen LogP contribution in [0.5, 0.6) is 11.5 Å². The zero-order valence-corrected chi connectivity index (χ0v) is 15.3. The highest BCUT2D eigenvalue weighted by Gasteiger charge is 2.17. The average Bonchev–Trinajstić information content (AvgIpc) is 2.65. The molecule has 0 radical (unpaired) electrons. The van der Waals surface area contributed by atoms with E-state index in [0.717, 1.165) is 6.07 Å². The number of nitro benzene ring substituents is 1. The number of benzene rings is 2. The third-order valence-corrected chi connectivity index (χ3v) is 3.81. The predicted octanol–water partition coefficient (Wildman–Crippen LogP) is 4.45. The van der Waals surface area contributed by atoms with Crippen molar-refractivity contribution in [3.8, 4) is 17.6 Å². The number of ether oxygens (including phenoxy) is 2. The fraction of sp³-hybridized carbons (Fsp3) is 0.158. The van der Waals surface area contributed by atoms with Gasteiger partial charge in [0.2, 0.25) is 5.78 Å². The Morgan fingerprint density at radius 3 is 2.70 bits per heavy atom. The molecule has 0 atom stereocenters. The van der Waals surface area contributed by atoms with E-state index in [2.05, 4.69) is 0 Å². The van der Waals surface area contributed by atoms with Crippen molar-refractivity contribution < 1.29 is 19.2 Å². The van der Waals surface area contributed by atoms with E-state index in [1.807, 2.05) is 6.07 Å². The maximum absolute atomic E-state index is 12.6. The van der Waals surface area contributed by atoms with Crippen molar-refractivity contribution >= 4 is 29.1 Å². The number of carbonyl (C=O) groups is 1. The normalized spacial score (nSPS) is 10.8. The van der Waals surface area contributed by atoms with Crippen LogP contribution in [-0.2, 0) is 0 Å². The Hall–Kier alpha value is -3.37. The quantitative estimate of drug-likeness (QED) is 0.229. The molecule has 2 aromatic carbocycles. The number of rotatable bonds is 7. The zero-order valence-electron chi connectivity index (χ0n) is 14.6. The first-order valence-corrected chi connectivity index (χ1v) is 8.20. The predicted molar refractivity (Wildman–Crippen MR) is 100 cm³/mol. The van der Waals surface area contributed by atoms with Crippen molar-refractivity contribution in [3.63, 3.8) is 0 Å². The van der Waals surface area contributed by atoms with Crippen LogP contribution in [0.4, 0.5) is 5.69 Å². The fourth-order valence-corrected chi connectivity index (χ4v) is 2.66. The van der Waals surface area contributed by atoms with Gasteiger partial charge in [0, 0.05) is 17.7 Å². The van der Waals surface area contributed by atoms with Crippen LogP contribution in [0.25, 0.3) is 6.08 Å². The molecule has 0 fully saturated rings. The SMILES string of the molecule is CCOc1cc(/C=C(\C#N)C(=O)c2cccc([N+](=O)[O-])c2)cc(Cl)c1OC. The summed E-state index contributed by atoms with van der Waals surface area (Å²) in [6, 6.07) is 10.1. The van der Waals surface area contributed by atoms with E-state index in [-0.39, 0.29) is 21.8 Å². The van der Waals surface area contributed by atoms with Gasteiger partial charge in [-0.15, -0.1) is 0 Å². The Bertz CT molecular complexity index is 963. The molecule has 0 aliphatic rings. The number of nitriles is 1. The number of allylic oxidation sites excluding steroid dienone is 1. The smallest absolute Gasteiger partial charge is 0.270 e. The number of carbonyl (C=O) groups excluding carboxylic acids is 1. The highest BCUT2D eigenvalue weighted by atomic mass is 35.5. The number of hydrogen-bond donors (Lipinski definition) is 0. The van der Waals surface area contributed by atoms with Crippen molar-refractivity contribution in [2.75, 3.05) is 13.7 Å². The van der Waals surface area contributed by atoms with Gasteiger partial charge in [-0.05, 0) is 30.7 Å². The van der Waals surface area contributed by atoms with Crippen LogP contribution in [0.3, 0.4) is 0 Å². The number of Topliss-reactive ketones (excluding diaryl/α,β-unsaturated/α-hetero) is 1. The summed E-state index contributed by atoms with van der Waals surface area (Å²) in [6.07, 6.45) is 1.34. The van der Waals surface area contributed by atoms with Crippen LogP contribution in [0.15, 0.2) is 42.0 Å². The molecule has 0 heterocycles. The molecule has 2 aromatic rings. The monoisotopic (exact) mass is 386 g/mol. The molecule has 2 rings (SSSR count). The molecule has 0 aromatic heterocycles. The molecule has 8 heteroatoms. The Labute approximate surface area is 160 Å². The molecular weight excluding hydrogens is 372 g/mol. The van der Waals surface area contributed by atoms with E-state index in [4.69, 9.17) is 21.1 Å². The van der Waals surface area contributed by atoms with Crippen molar-refractivity contribution in [2.45, 2.75) is 6.92 Å². The van der Waals surface area contributed by atoms with Crippen LogP contribution in [0, 0.1) is 21.4 Å². The summed E-state index contributed by atoms with van der Waals surface area (Å²) < 4.78 is 10.7. The second-order valence-corrected chi connectivity index (χ2v) is 5.68. The van der Waals surface area contributed by atoms with Crippen molar-refractivity contribution in [1.82, 2.24) is 0 Å². The van der Waals surface area contributed by atoms with Gasteiger partial charge in [-0.3, -0.25) is 14.9 Å². The number of nitrogens with zero attached hydrogens (tertiary/aromatic N) is 2. The van der Waals surface area contributed by atoms with Crippen LogP contribution >= 0.6 is 11.6 Å². The van der Waals surface area contributed by atoms with E-state index in [1.165, 1.54) is 37.5 Å². The van der Waals surface area contributed by atoms with Gasteiger partial charge < -0.3 is 9.47 Å². The highest BCUT2D eigenvalue weighted by Crippen LogP contribution is 2.37. The van der Waals surface area contributed by atoms with E-state index in [1.54, 1.807) is 13.0 Å². The Morgan fingerprint density at radius 2 is 2.11 bits per heavy atom. The van der Waals surface area contributed by atoms with E-state index >= 15 is 0 Å². The van der Waals surface area contributed by atoms with Crippen molar-refractivity contribution in [3.05, 3.63) is 68.2 Å². The largest absolute Gasteiger partial charge is 0.491 e. The lowest BCUT2D eigenvalue weighted by atomic mass is 10.0. The minimum atomic E-state index is -0.633. The number of ketones is 1. The van der Waals surface area contributed by atoms with Crippen LogP contribution in [-0.4, -0.2) is 24.4 Å². The maximum Gasteiger partial charge on any atom is 0.270 e. The van der Waals surface area contributed by atoms with Gasteiger partial charge in [-0.1, -0.05) is 23.7 Å².